The maximum atomic E-state index is 5.24. The smallest absolute Gasteiger partial charge is 0.288 e. The maximum Gasteiger partial charge on any atom is 0.288 e. The second-order valence-corrected chi connectivity index (χ2v) is 3.08. The number of H-pyrrole nitrogens is 1. The number of rotatable bonds is 2. The van der Waals surface area contributed by atoms with E-state index in [1.54, 1.807) is 6.21 Å². The number of fused-ring (bicyclic) bond motifs is 1. The Hall–Kier alpha value is -2.44. The SMILES string of the molecule is C(=Nc1nn[nH]n1)c1ccc2c(c1)OCO2. The van der Waals surface area contributed by atoms with Gasteiger partial charge in [-0.05, 0) is 29.0 Å². The van der Waals surface area contributed by atoms with Crippen molar-refractivity contribution in [3.05, 3.63) is 23.8 Å². The summed E-state index contributed by atoms with van der Waals surface area (Å²) in [6.07, 6.45) is 1.63. The normalized spacial score (nSPS) is 13.5. The third kappa shape index (κ3) is 1.58. The molecule has 0 saturated carbocycles. The maximum absolute atomic E-state index is 5.24. The van der Waals surface area contributed by atoms with E-state index in [9.17, 15) is 0 Å². The number of aromatic amines is 1. The Morgan fingerprint density at radius 3 is 3.12 bits per heavy atom. The van der Waals surface area contributed by atoms with Crippen molar-refractivity contribution < 1.29 is 9.47 Å². The van der Waals surface area contributed by atoms with E-state index in [1.165, 1.54) is 0 Å². The lowest BCUT2D eigenvalue weighted by molar-refractivity contribution is 0.174. The van der Waals surface area contributed by atoms with Crippen molar-refractivity contribution in [1.82, 2.24) is 20.6 Å². The number of benzene rings is 1. The van der Waals surface area contributed by atoms with Gasteiger partial charge in [-0.15, -0.1) is 5.10 Å². The van der Waals surface area contributed by atoms with Crippen LogP contribution in [0.4, 0.5) is 5.95 Å². The molecular weight excluding hydrogens is 210 g/mol. The molecular formula is C9H7N5O2. The van der Waals surface area contributed by atoms with Gasteiger partial charge < -0.3 is 9.47 Å². The van der Waals surface area contributed by atoms with Gasteiger partial charge in [0.25, 0.3) is 5.95 Å². The molecule has 2 aromatic rings. The number of hydrogen-bond acceptors (Lipinski definition) is 6. The molecule has 0 unspecified atom stereocenters. The van der Waals surface area contributed by atoms with Crippen LogP contribution in [-0.2, 0) is 0 Å². The van der Waals surface area contributed by atoms with Gasteiger partial charge >= 0.3 is 0 Å². The summed E-state index contributed by atoms with van der Waals surface area (Å²) in [6, 6.07) is 5.54. The third-order valence-corrected chi connectivity index (χ3v) is 2.06. The lowest BCUT2D eigenvalue weighted by Crippen LogP contribution is -1.92. The Balaban J connectivity index is 1.85. The predicted molar refractivity (Wildman–Crippen MR) is 54.0 cm³/mol. The Labute approximate surface area is 90.1 Å². The molecule has 3 rings (SSSR count). The highest BCUT2D eigenvalue weighted by Gasteiger charge is 2.12. The van der Waals surface area contributed by atoms with Gasteiger partial charge in [0.1, 0.15) is 0 Å². The number of nitrogens with one attached hydrogen (secondary N) is 1. The van der Waals surface area contributed by atoms with Crippen molar-refractivity contribution in [2.75, 3.05) is 6.79 Å². The minimum atomic E-state index is 0.265. The van der Waals surface area contributed by atoms with Crippen molar-refractivity contribution >= 4 is 12.2 Å². The average molecular weight is 217 g/mol. The fourth-order valence-corrected chi connectivity index (χ4v) is 1.34. The summed E-state index contributed by atoms with van der Waals surface area (Å²) < 4.78 is 10.4. The number of aromatic nitrogens is 4. The number of hydrogen-bond donors (Lipinski definition) is 1. The molecule has 0 spiro atoms. The molecule has 0 radical (unpaired) electrons. The van der Waals surface area contributed by atoms with Crippen LogP contribution >= 0.6 is 0 Å². The molecule has 0 amide bonds. The van der Waals surface area contributed by atoms with Crippen molar-refractivity contribution in [2.45, 2.75) is 0 Å². The topological polar surface area (TPSA) is 85.3 Å². The highest BCUT2D eigenvalue weighted by molar-refractivity contribution is 5.82. The van der Waals surface area contributed by atoms with Crippen molar-refractivity contribution in [1.29, 1.82) is 0 Å². The van der Waals surface area contributed by atoms with Crippen LogP contribution in [0.25, 0.3) is 0 Å². The first kappa shape index (κ1) is 8.84. The van der Waals surface area contributed by atoms with Gasteiger partial charge in [0.15, 0.2) is 11.5 Å². The van der Waals surface area contributed by atoms with Crippen LogP contribution in [0.15, 0.2) is 23.2 Å². The summed E-state index contributed by atoms with van der Waals surface area (Å²) in [7, 11) is 0. The molecule has 7 heteroatoms. The van der Waals surface area contributed by atoms with Gasteiger partial charge in [-0.2, -0.15) is 5.21 Å². The summed E-state index contributed by atoms with van der Waals surface area (Å²) >= 11 is 0. The molecule has 1 aromatic heterocycles. The molecule has 0 fully saturated rings. The molecule has 1 aliphatic rings. The zero-order chi connectivity index (χ0) is 10.8. The summed E-state index contributed by atoms with van der Waals surface area (Å²) in [4.78, 5) is 4.02. The molecule has 0 saturated heterocycles. The molecule has 16 heavy (non-hydrogen) atoms. The quantitative estimate of drug-likeness (QED) is 0.747. The molecule has 1 aromatic carbocycles. The van der Waals surface area contributed by atoms with Gasteiger partial charge in [-0.3, -0.25) is 0 Å². The van der Waals surface area contributed by atoms with Crippen molar-refractivity contribution in [3.63, 3.8) is 0 Å². The van der Waals surface area contributed by atoms with Gasteiger partial charge in [0.2, 0.25) is 6.79 Å². The first-order valence-electron chi connectivity index (χ1n) is 4.59. The first-order chi connectivity index (χ1) is 7.92. The fraction of sp³-hybridized carbons (Fsp3) is 0.111. The summed E-state index contributed by atoms with van der Waals surface area (Å²) in [6.45, 7) is 0.265. The highest BCUT2D eigenvalue weighted by Crippen LogP contribution is 2.32. The van der Waals surface area contributed by atoms with Crippen LogP contribution in [0.1, 0.15) is 5.56 Å². The molecule has 7 nitrogen and oxygen atoms in total. The van der Waals surface area contributed by atoms with Crippen LogP contribution in [0, 0.1) is 0 Å². The zero-order valence-electron chi connectivity index (χ0n) is 8.12. The van der Waals surface area contributed by atoms with E-state index in [-0.39, 0.29) is 12.7 Å². The Kier molecular flexibility index (Phi) is 1.99. The van der Waals surface area contributed by atoms with Crippen LogP contribution in [0.3, 0.4) is 0 Å². The van der Waals surface area contributed by atoms with E-state index in [4.69, 9.17) is 9.47 Å². The average Bonchev–Trinajstić information content (AvgIpc) is 2.97. The Morgan fingerprint density at radius 1 is 1.31 bits per heavy atom. The van der Waals surface area contributed by atoms with E-state index in [1.807, 2.05) is 18.2 Å². The summed E-state index contributed by atoms with van der Waals surface area (Å²) in [5.74, 6) is 1.76. The molecule has 0 atom stereocenters. The molecule has 1 aliphatic heterocycles. The Morgan fingerprint density at radius 2 is 2.25 bits per heavy atom. The minimum absolute atomic E-state index is 0.265. The Bertz CT molecular complexity index is 523. The van der Waals surface area contributed by atoms with E-state index in [0.717, 1.165) is 17.1 Å². The number of ether oxygens (including phenoxy) is 2. The van der Waals surface area contributed by atoms with Gasteiger partial charge in [-0.25, -0.2) is 4.99 Å². The van der Waals surface area contributed by atoms with Gasteiger partial charge in [0, 0.05) is 6.21 Å². The standard InChI is InChI=1S/C9H7N5O2/c1-2-7-8(16-5-15-7)3-6(1)4-10-9-11-13-14-12-9/h1-4H,5H2,(H,11,12,13,14). The second-order valence-electron chi connectivity index (χ2n) is 3.08. The van der Waals surface area contributed by atoms with E-state index in [0.29, 0.717) is 0 Å². The number of nitrogens with zero attached hydrogens (tertiary/aromatic N) is 4. The third-order valence-electron chi connectivity index (χ3n) is 2.06. The second kappa shape index (κ2) is 3.61. The highest BCUT2D eigenvalue weighted by atomic mass is 16.7. The van der Waals surface area contributed by atoms with Crippen molar-refractivity contribution in [3.8, 4) is 11.5 Å². The van der Waals surface area contributed by atoms with Gasteiger partial charge in [0.05, 0.1) is 0 Å². The largest absolute Gasteiger partial charge is 0.454 e. The summed E-state index contributed by atoms with van der Waals surface area (Å²) in [5, 5.41) is 13.1. The van der Waals surface area contributed by atoms with Gasteiger partial charge in [-0.1, -0.05) is 5.10 Å². The number of aliphatic imine (C=N–C) groups is 1. The fourth-order valence-electron chi connectivity index (χ4n) is 1.34. The monoisotopic (exact) mass is 217 g/mol. The van der Waals surface area contributed by atoms with Crippen LogP contribution in [0.2, 0.25) is 0 Å². The van der Waals surface area contributed by atoms with E-state index < -0.39 is 0 Å². The molecule has 0 bridgehead atoms. The van der Waals surface area contributed by atoms with Crippen LogP contribution in [-0.4, -0.2) is 33.6 Å². The number of tetrazole rings is 1. The van der Waals surface area contributed by atoms with E-state index >= 15 is 0 Å². The molecule has 80 valence electrons. The summed E-state index contributed by atoms with van der Waals surface area (Å²) in [5.41, 5.74) is 0.883. The lowest BCUT2D eigenvalue weighted by Gasteiger charge is -1.96. The van der Waals surface area contributed by atoms with Crippen molar-refractivity contribution in [2.24, 2.45) is 4.99 Å². The lowest BCUT2D eigenvalue weighted by atomic mass is 10.2. The predicted octanol–water partition coefficient (Wildman–Crippen LogP) is 0.679. The van der Waals surface area contributed by atoms with Crippen LogP contribution in [0.5, 0.6) is 11.5 Å². The van der Waals surface area contributed by atoms with E-state index in [2.05, 4.69) is 25.6 Å². The zero-order valence-corrected chi connectivity index (χ0v) is 8.12. The van der Waals surface area contributed by atoms with Crippen LogP contribution < -0.4 is 9.47 Å². The molecule has 0 aliphatic carbocycles. The first-order valence-corrected chi connectivity index (χ1v) is 4.59. The minimum Gasteiger partial charge on any atom is -0.454 e. The molecule has 2 heterocycles. The molecule has 1 N–H and O–H groups in total.